The molecule has 1 heterocycles. The van der Waals surface area contributed by atoms with E-state index in [0.29, 0.717) is 11.4 Å². The highest BCUT2D eigenvalue weighted by Gasteiger charge is 2.32. The van der Waals surface area contributed by atoms with Gasteiger partial charge in [0.1, 0.15) is 12.3 Å². The molecule has 5 nitrogen and oxygen atoms in total. The highest BCUT2D eigenvalue weighted by atomic mass is 16.5. The number of carbonyl (C=O) groups excluding carboxylic acids is 2. The average molecular weight is 338 g/mol. The predicted octanol–water partition coefficient (Wildman–Crippen LogP) is 3.36. The maximum atomic E-state index is 12.5. The number of amides is 2. The van der Waals surface area contributed by atoms with Crippen molar-refractivity contribution in [3.8, 4) is 5.75 Å². The minimum absolute atomic E-state index is 0.0453. The molecule has 130 valence electrons. The van der Waals surface area contributed by atoms with Crippen LogP contribution in [0, 0.1) is 20.8 Å². The number of rotatable bonds is 3. The molecule has 0 radical (unpaired) electrons. The first-order valence-electron chi connectivity index (χ1n) is 8.31. The van der Waals surface area contributed by atoms with Crippen LogP contribution in [0.2, 0.25) is 0 Å². The molecular weight excluding hydrogens is 316 g/mol. The highest BCUT2D eigenvalue weighted by molar-refractivity contribution is 6.06. The topological polar surface area (TPSA) is 58.6 Å². The van der Waals surface area contributed by atoms with Crippen molar-refractivity contribution in [1.29, 1.82) is 0 Å². The normalized spacial score (nSPS) is 16.2. The third-order valence-corrected chi connectivity index (χ3v) is 4.29. The fourth-order valence-corrected chi connectivity index (χ4v) is 2.88. The Morgan fingerprint density at radius 2 is 1.80 bits per heavy atom. The van der Waals surface area contributed by atoms with Gasteiger partial charge in [0.15, 0.2) is 6.10 Å². The van der Waals surface area contributed by atoms with Gasteiger partial charge < -0.3 is 10.1 Å². The van der Waals surface area contributed by atoms with Crippen LogP contribution in [0.25, 0.3) is 0 Å². The highest BCUT2D eigenvalue weighted by Crippen LogP contribution is 2.34. The van der Waals surface area contributed by atoms with Gasteiger partial charge in [-0.05, 0) is 62.6 Å². The molecule has 2 aromatic rings. The van der Waals surface area contributed by atoms with E-state index in [1.165, 1.54) is 4.90 Å². The van der Waals surface area contributed by atoms with Crippen molar-refractivity contribution in [2.45, 2.75) is 33.8 Å². The van der Waals surface area contributed by atoms with Gasteiger partial charge in [0.2, 0.25) is 5.91 Å². The van der Waals surface area contributed by atoms with Crippen LogP contribution in [0.15, 0.2) is 36.4 Å². The third-order valence-electron chi connectivity index (χ3n) is 4.29. The minimum Gasteiger partial charge on any atom is -0.479 e. The first-order chi connectivity index (χ1) is 11.8. The molecule has 0 aromatic heterocycles. The van der Waals surface area contributed by atoms with E-state index >= 15 is 0 Å². The van der Waals surface area contributed by atoms with E-state index in [0.717, 1.165) is 22.4 Å². The van der Waals surface area contributed by atoms with Crippen LogP contribution >= 0.6 is 0 Å². The molecular formula is C20H22N2O3. The summed E-state index contributed by atoms with van der Waals surface area (Å²) in [5.74, 6) is 0.176. The molecule has 0 saturated carbocycles. The van der Waals surface area contributed by atoms with Gasteiger partial charge in [0.25, 0.3) is 5.91 Å². The van der Waals surface area contributed by atoms with Crippen molar-refractivity contribution >= 4 is 23.2 Å². The lowest BCUT2D eigenvalue weighted by Gasteiger charge is -2.32. The monoisotopic (exact) mass is 338 g/mol. The smallest absolute Gasteiger partial charge is 0.268 e. The molecule has 1 aliphatic rings. The number of nitrogens with zero attached hydrogens (tertiary/aromatic N) is 1. The molecule has 1 atom stereocenters. The van der Waals surface area contributed by atoms with E-state index in [1.807, 2.05) is 57.2 Å². The molecule has 2 amide bonds. The summed E-state index contributed by atoms with van der Waals surface area (Å²) in [6, 6.07) is 11.5. The summed E-state index contributed by atoms with van der Waals surface area (Å²) < 4.78 is 5.64. The Kier molecular flexibility index (Phi) is 4.49. The van der Waals surface area contributed by atoms with Gasteiger partial charge in [-0.15, -0.1) is 0 Å². The summed E-state index contributed by atoms with van der Waals surface area (Å²) in [5, 5.41) is 2.91. The van der Waals surface area contributed by atoms with E-state index in [4.69, 9.17) is 4.74 Å². The largest absolute Gasteiger partial charge is 0.479 e. The van der Waals surface area contributed by atoms with Crippen LogP contribution in [0.5, 0.6) is 5.75 Å². The molecule has 0 fully saturated rings. The first kappa shape index (κ1) is 17.0. The number of carbonyl (C=O) groups is 2. The quantitative estimate of drug-likeness (QED) is 0.933. The fraction of sp³-hybridized carbons (Fsp3) is 0.300. The Morgan fingerprint density at radius 1 is 1.12 bits per heavy atom. The number of benzene rings is 2. The Hall–Kier alpha value is -2.82. The van der Waals surface area contributed by atoms with Crippen LogP contribution in [-0.2, 0) is 9.59 Å². The van der Waals surface area contributed by atoms with Crippen LogP contribution < -0.4 is 15.0 Å². The molecule has 25 heavy (non-hydrogen) atoms. The molecule has 2 aromatic carbocycles. The average Bonchev–Trinajstić information content (AvgIpc) is 2.56. The lowest BCUT2D eigenvalue weighted by Crippen LogP contribution is -2.47. The number of aryl methyl sites for hydroxylation is 3. The number of fused-ring (bicyclic) bond motifs is 1. The van der Waals surface area contributed by atoms with Crippen molar-refractivity contribution in [2.24, 2.45) is 0 Å². The number of hydrogen-bond donors (Lipinski definition) is 1. The maximum Gasteiger partial charge on any atom is 0.268 e. The Morgan fingerprint density at radius 3 is 2.56 bits per heavy atom. The van der Waals surface area contributed by atoms with Crippen LogP contribution in [0.1, 0.15) is 23.6 Å². The van der Waals surface area contributed by atoms with Crippen LogP contribution in [0.4, 0.5) is 11.4 Å². The van der Waals surface area contributed by atoms with E-state index < -0.39 is 6.10 Å². The zero-order valence-electron chi connectivity index (χ0n) is 14.9. The van der Waals surface area contributed by atoms with Crippen molar-refractivity contribution in [2.75, 3.05) is 16.8 Å². The van der Waals surface area contributed by atoms with Gasteiger partial charge in [0, 0.05) is 5.69 Å². The SMILES string of the molecule is Cc1ccc(C)c(NC(=O)CN2C(=O)C(C)Oc3ccc(C)cc32)c1. The van der Waals surface area contributed by atoms with Gasteiger partial charge in [-0.1, -0.05) is 18.2 Å². The third kappa shape index (κ3) is 3.50. The van der Waals surface area contributed by atoms with Gasteiger partial charge in [-0.25, -0.2) is 0 Å². The van der Waals surface area contributed by atoms with Gasteiger partial charge in [-0.2, -0.15) is 0 Å². The van der Waals surface area contributed by atoms with E-state index in [1.54, 1.807) is 6.92 Å². The van der Waals surface area contributed by atoms with Crippen molar-refractivity contribution in [1.82, 2.24) is 0 Å². The maximum absolute atomic E-state index is 12.5. The first-order valence-corrected chi connectivity index (χ1v) is 8.31. The van der Waals surface area contributed by atoms with Crippen LogP contribution in [-0.4, -0.2) is 24.5 Å². The second-order valence-electron chi connectivity index (χ2n) is 6.52. The number of hydrogen-bond acceptors (Lipinski definition) is 3. The van der Waals surface area contributed by atoms with Crippen molar-refractivity contribution < 1.29 is 14.3 Å². The molecule has 1 aliphatic heterocycles. The number of nitrogens with one attached hydrogen (secondary N) is 1. The molecule has 5 heteroatoms. The zero-order valence-corrected chi connectivity index (χ0v) is 14.9. The lowest BCUT2D eigenvalue weighted by molar-refractivity contribution is -0.127. The molecule has 3 rings (SSSR count). The summed E-state index contributed by atoms with van der Waals surface area (Å²) in [5.41, 5.74) is 4.46. The summed E-state index contributed by atoms with van der Waals surface area (Å²) in [4.78, 5) is 26.6. The summed E-state index contributed by atoms with van der Waals surface area (Å²) in [6.07, 6.45) is -0.608. The molecule has 1 unspecified atom stereocenters. The molecule has 0 bridgehead atoms. The second-order valence-corrected chi connectivity index (χ2v) is 6.52. The standard InChI is InChI=1S/C20H22N2O3/c1-12-5-7-14(3)16(9-12)21-19(23)11-22-17-10-13(2)6-8-18(17)25-15(4)20(22)24/h5-10,15H,11H2,1-4H3,(H,21,23). The Bertz CT molecular complexity index is 845. The van der Waals surface area contributed by atoms with Gasteiger partial charge >= 0.3 is 0 Å². The van der Waals surface area contributed by atoms with Gasteiger partial charge in [-0.3, -0.25) is 14.5 Å². The van der Waals surface area contributed by atoms with Gasteiger partial charge in [0.05, 0.1) is 5.69 Å². The lowest BCUT2D eigenvalue weighted by atomic mass is 10.1. The Labute approximate surface area is 147 Å². The van der Waals surface area contributed by atoms with E-state index in [-0.39, 0.29) is 18.4 Å². The summed E-state index contributed by atoms with van der Waals surface area (Å²) in [7, 11) is 0. The van der Waals surface area contributed by atoms with E-state index in [2.05, 4.69) is 5.32 Å². The Balaban J connectivity index is 1.84. The minimum atomic E-state index is -0.608. The van der Waals surface area contributed by atoms with E-state index in [9.17, 15) is 9.59 Å². The second kappa shape index (κ2) is 6.59. The number of anilines is 2. The number of ether oxygens (including phenoxy) is 1. The summed E-state index contributed by atoms with van der Waals surface area (Å²) in [6.45, 7) is 7.51. The van der Waals surface area contributed by atoms with Crippen molar-refractivity contribution in [3.05, 3.63) is 53.1 Å². The predicted molar refractivity (Wildman–Crippen MR) is 98.2 cm³/mol. The molecule has 1 N–H and O–H groups in total. The van der Waals surface area contributed by atoms with Crippen molar-refractivity contribution in [3.63, 3.8) is 0 Å². The van der Waals surface area contributed by atoms with Crippen LogP contribution in [0.3, 0.4) is 0 Å². The summed E-state index contributed by atoms with van der Waals surface area (Å²) >= 11 is 0. The molecule has 0 saturated heterocycles. The fourth-order valence-electron chi connectivity index (χ4n) is 2.88. The zero-order chi connectivity index (χ0) is 18.1. The molecule has 0 spiro atoms. The molecule has 0 aliphatic carbocycles.